The number of benzene rings is 1. The summed E-state index contributed by atoms with van der Waals surface area (Å²) >= 11 is 11.8. The van der Waals surface area contributed by atoms with Crippen molar-refractivity contribution < 1.29 is 18.3 Å². The number of carbonyl (C=O) groups is 1. The van der Waals surface area contributed by atoms with E-state index in [-0.39, 0.29) is 6.54 Å². The molecule has 0 fully saturated rings. The molecule has 1 rings (SSSR count). The van der Waals surface area contributed by atoms with Gasteiger partial charge < -0.3 is 15.4 Å². The summed E-state index contributed by atoms with van der Waals surface area (Å²) in [6.45, 7) is 3.66. The van der Waals surface area contributed by atoms with Crippen molar-refractivity contribution in [3.05, 3.63) is 33.8 Å². The predicted octanol–water partition coefficient (Wildman–Crippen LogP) is 4.24. The second-order valence-corrected chi connectivity index (χ2v) is 6.81. The van der Waals surface area contributed by atoms with E-state index in [2.05, 4.69) is 10.6 Å². The second kappa shape index (κ2) is 8.13. The first-order chi connectivity index (χ1) is 10.5. The average molecular weight is 369 g/mol. The van der Waals surface area contributed by atoms with Crippen LogP contribution in [-0.2, 0) is 11.3 Å². The summed E-state index contributed by atoms with van der Waals surface area (Å²) in [6.07, 6.45) is -0.880. The fourth-order valence-electron chi connectivity index (χ4n) is 1.64. The highest BCUT2D eigenvalue weighted by Gasteiger charge is 2.30. The molecule has 130 valence electrons. The molecule has 1 aromatic carbocycles. The van der Waals surface area contributed by atoms with E-state index >= 15 is 0 Å². The molecule has 2 N–H and O–H groups in total. The Morgan fingerprint density at radius 3 is 2.48 bits per heavy atom. The zero-order valence-corrected chi connectivity index (χ0v) is 14.7. The van der Waals surface area contributed by atoms with E-state index in [1.54, 1.807) is 39.0 Å². The zero-order chi connectivity index (χ0) is 17.7. The normalized spacial score (nSPS) is 12.1. The fraction of sp³-hybridized carbons (Fsp3) is 0.533. The van der Waals surface area contributed by atoms with Gasteiger partial charge in [-0.1, -0.05) is 35.3 Å². The van der Waals surface area contributed by atoms with Crippen molar-refractivity contribution in [2.45, 2.75) is 38.8 Å². The van der Waals surface area contributed by atoms with E-state index in [0.29, 0.717) is 15.6 Å². The van der Waals surface area contributed by atoms with Gasteiger partial charge in [-0.05, 0) is 32.4 Å². The summed E-state index contributed by atoms with van der Waals surface area (Å²) < 4.78 is 32.3. The molecule has 0 saturated carbocycles. The molecule has 8 heteroatoms. The lowest BCUT2D eigenvalue weighted by Gasteiger charge is -2.22. The second-order valence-electron chi connectivity index (χ2n) is 6.03. The fourth-order valence-corrected chi connectivity index (χ4v) is 2.03. The first-order valence-electron chi connectivity index (χ1n) is 6.98. The number of nitrogens with one attached hydrogen (secondary N) is 2. The number of carbonyl (C=O) groups excluding carboxylic acids is 1. The highest BCUT2D eigenvalue weighted by molar-refractivity contribution is 6.42. The Morgan fingerprint density at radius 1 is 1.22 bits per heavy atom. The molecule has 0 aromatic heterocycles. The molecule has 0 radical (unpaired) electrons. The van der Waals surface area contributed by atoms with Gasteiger partial charge in [-0.15, -0.1) is 0 Å². The lowest BCUT2D eigenvalue weighted by Crippen LogP contribution is -2.44. The summed E-state index contributed by atoms with van der Waals surface area (Å²) in [5.41, 5.74) is -0.115. The lowest BCUT2D eigenvalue weighted by atomic mass is 10.2. The summed E-state index contributed by atoms with van der Waals surface area (Å²) in [5, 5.41) is 5.34. The maximum Gasteiger partial charge on any atom is 0.407 e. The van der Waals surface area contributed by atoms with E-state index in [1.807, 2.05) is 0 Å². The molecule has 0 aliphatic carbocycles. The number of halogens is 4. The maximum atomic E-state index is 13.7. The van der Waals surface area contributed by atoms with E-state index in [9.17, 15) is 13.6 Å². The molecule has 0 saturated heterocycles. The molecule has 4 nitrogen and oxygen atoms in total. The van der Waals surface area contributed by atoms with Crippen LogP contribution in [0.4, 0.5) is 13.6 Å². The van der Waals surface area contributed by atoms with Gasteiger partial charge in [-0.25, -0.2) is 13.6 Å². The van der Waals surface area contributed by atoms with Crippen LogP contribution in [0.1, 0.15) is 26.3 Å². The van der Waals surface area contributed by atoms with Crippen LogP contribution in [0.15, 0.2) is 18.2 Å². The van der Waals surface area contributed by atoms with Crippen LogP contribution in [-0.4, -0.2) is 30.7 Å². The average Bonchev–Trinajstić information content (AvgIpc) is 2.39. The van der Waals surface area contributed by atoms with Gasteiger partial charge in [-0.3, -0.25) is 0 Å². The van der Waals surface area contributed by atoms with Crippen molar-refractivity contribution in [2.24, 2.45) is 0 Å². The molecule has 0 bridgehead atoms. The van der Waals surface area contributed by atoms with Crippen LogP contribution >= 0.6 is 23.2 Å². The maximum absolute atomic E-state index is 13.7. The van der Waals surface area contributed by atoms with Crippen molar-refractivity contribution in [1.29, 1.82) is 0 Å². The lowest BCUT2D eigenvalue weighted by molar-refractivity contribution is -0.00376. The Labute approximate surface area is 144 Å². The minimum absolute atomic E-state index is 0.140. The standard InChI is InChI=1S/C15H20Cl2F2N2O2/c1-14(2,3)23-13(22)21-9-15(18,19)8-20-7-10-5-4-6-11(16)12(10)17/h4-6,20H,7-9H2,1-3H3,(H,21,22). The number of rotatable bonds is 6. The molecule has 0 heterocycles. The molecule has 0 spiro atoms. The van der Waals surface area contributed by atoms with Gasteiger partial charge >= 0.3 is 6.09 Å². The van der Waals surface area contributed by atoms with Crippen LogP contribution in [0.25, 0.3) is 0 Å². The Morgan fingerprint density at radius 2 is 1.87 bits per heavy atom. The minimum atomic E-state index is -3.12. The highest BCUT2D eigenvalue weighted by atomic mass is 35.5. The third-order valence-electron chi connectivity index (χ3n) is 2.62. The van der Waals surface area contributed by atoms with E-state index in [1.165, 1.54) is 0 Å². The minimum Gasteiger partial charge on any atom is -0.444 e. The molecule has 0 atom stereocenters. The van der Waals surface area contributed by atoms with Gasteiger partial charge in [0, 0.05) is 6.54 Å². The zero-order valence-electron chi connectivity index (χ0n) is 13.2. The van der Waals surface area contributed by atoms with Crippen molar-refractivity contribution in [2.75, 3.05) is 13.1 Å². The topological polar surface area (TPSA) is 50.4 Å². The van der Waals surface area contributed by atoms with Crippen LogP contribution in [0, 0.1) is 0 Å². The molecule has 0 aliphatic rings. The van der Waals surface area contributed by atoms with E-state index in [4.69, 9.17) is 27.9 Å². The number of alkyl halides is 2. The van der Waals surface area contributed by atoms with Gasteiger partial charge in [0.05, 0.1) is 23.1 Å². The number of hydrogen-bond acceptors (Lipinski definition) is 3. The molecule has 1 amide bonds. The molecule has 23 heavy (non-hydrogen) atoms. The Bertz CT molecular complexity index is 549. The number of hydrogen-bond donors (Lipinski definition) is 2. The molecular formula is C15H20Cl2F2N2O2. The number of ether oxygens (including phenoxy) is 1. The summed E-state index contributed by atoms with van der Waals surface area (Å²) in [5.74, 6) is -3.12. The van der Waals surface area contributed by atoms with Gasteiger partial charge in [0.15, 0.2) is 0 Å². The summed E-state index contributed by atoms with van der Waals surface area (Å²) in [7, 11) is 0. The summed E-state index contributed by atoms with van der Waals surface area (Å²) in [4.78, 5) is 11.4. The smallest absolute Gasteiger partial charge is 0.407 e. The first kappa shape index (κ1) is 19.9. The van der Waals surface area contributed by atoms with Crippen molar-refractivity contribution in [3.8, 4) is 0 Å². The number of amides is 1. The van der Waals surface area contributed by atoms with Crippen LogP contribution in [0.2, 0.25) is 10.0 Å². The monoisotopic (exact) mass is 368 g/mol. The van der Waals surface area contributed by atoms with Crippen molar-refractivity contribution >= 4 is 29.3 Å². The highest BCUT2D eigenvalue weighted by Crippen LogP contribution is 2.25. The van der Waals surface area contributed by atoms with Crippen LogP contribution in [0.3, 0.4) is 0 Å². The van der Waals surface area contributed by atoms with Crippen LogP contribution in [0.5, 0.6) is 0 Å². The van der Waals surface area contributed by atoms with Crippen molar-refractivity contribution in [3.63, 3.8) is 0 Å². The van der Waals surface area contributed by atoms with E-state index in [0.717, 1.165) is 0 Å². The molecule has 0 aliphatic heterocycles. The Balaban J connectivity index is 2.41. The van der Waals surface area contributed by atoms with E-state index < -0.39 is 30.7 Å². The SMILES string of the molecule is CC(C)(C)OC(=O)NCC(F)(F)CNCc1cccc(Cl)c1Cl. The first-order valence-corrected chi connectivity index (χ1v) is 7.74. The van der Waals surface area contributed by atoms with Gasteiger partial charge in [0.25, 0.3) is 5.92 Å². The summed E-state index contributed by atoms with van der Waals surface area (Å²) in [6, 6.07) is 5.00. The largest absolute Gasteiger partial charge is 0.444 e. The third kappa shape index (κ3) is 7.81. The Hall–Kier alpha value is -1.11. The predicted molar refractivity (Wildman–Crippen MR) is 87.4 cm³/mol. The van der Waals surface area contributed by atoms with Gasteiger partial charge in [0.2, 0.25) is 0 Å². The third-order valence-corrected chi connectivity index (χ3v) is 3.48. The Kier molecular flexibility index (Phi) is 7.04. The molecule has 0 unspecified atom stereocenters. The molecular weight excluding hydrogens is 349 g/mol. The quantitative estimate of drug-likeness (QED) is 0.789. The van der Waals surface area contributed by atoms with Gasteiger partial charge in [0.1, 0.15) is 5.60 Å². The van der Waals surface area contributed by atoms with Gasteiger partial charge in [-0.2, -0.15) is 0 Å². The van der Waals surface area contributed by atoms with Crippen molar-refractivity contribution in [1.82, 2.24) is 10.6 Å². The number of alkyl carbamates (subject to hydrolysis) is 1. The van der Waals surface area contributed by atoms with Crippen LogP contribution < -0.4 is 10.6 Å². The molecule has 1 aromatic rings.